The Balaban J connectivity index is 1.59. The predicted molar refractivity (Wildman–Crippen MR) is 126 cm³/mol. The first-order valence-electron chi connectivity index (χ1n) is 12.6. The minimum absolute atomic E-state index is 0.0230. The second-order valence-electron chi connectivity index (χ2n) is 9.40. The highest BCUT2D eigenvalue weighted by Crippen LogP contribution is 2.40. The van der Waals surface area contributed by atoms with Gasteiger partial charge in [0.2, 0.25) is 0 Å². The van der Waals surface area contributed by atoms with Gasteiger partial charge in [0.25, 0.3) is 5.92 Å². The third-order valence-corrected chi connectivity index (χ3v) is 6.63. The Morgan fingerprint density at radius 2 is 2.00 bits per heavy atom. The van der Waals surface area contributed by atoms with E-state index in [9.17, 15) is 18.4 Å². The second kappa shape index (κ2) is 13.7. The number of hydrogen-bond donors (Lipinski definition) is 1. The van der Waals surface area contributed by atoms with Gasteiger partial charge in [0.1, 0.15) is 11.5 Å². The van der Waals surface area contributed by atoms with Crippen LogP contribution in [-0.2, 0) is 19.1 Å². The molecule has 1 saturated carbocycles. The molecule has 194 valence electrons. The number of rotatable bonds is 14. The number of para-hydroxylation sites is 1. The maximum Gasteiger partial charge on any atom is 0.303 e. The first-order chi connectivity index (χ1) is 16.8. The number of carboxylic acids is 1. The molecule has 35 heavy (non-hydrogen) atoms. The number of halogens is 2. The van der Waals surface area contributed by atoms with Crippen LogP contribution in [0.15, 0.2) is 42.5 Å². The van der Waals surface area contributed by atoms with Crippen molar-refractivity contribution in [1.82, 2.24) is 0 Å². The van der Waals surface area contributed by atoms with Crippen molar-refractivity contribution in [2.75, 3.05) is 13.2 Å². The zero-order valence-electron chi connectivity index (χ0n) is 20.1. The molecule has 2 fully saturated rings. The lowest BCUT2D eigenvalue weighted by Gasteiger charge is -2.30. The summed E-state index contributed by atoms with van der Waals surface area (Å²) in [5.74, 6) is -4.19. The number of aliphatic carboxylic acids is 1. The van der Waals surface area contributed by atoms with Crippen molar-refractivity contribution in [1.29, 1.82) is 0 Å². The molecule has 1 aliphatic carbocycles. The van der Waals surface area contributed by atoms with Crippen molar-refractivity contribution in [2.24, 2.45) is 11.8 Å². The largest absolute Gasteiger partial charge is 0.487 e. The number of ketones is 1. The number of benzene rings is 1. The van der Waals surface area contributed by atoms with Gasteiger partial charge in [-0.1, -0.05) is 30.4 Å². The molecule has 1 N–H and O–H groups in total. The number of carbonyl (C=O) groups excluding carboxylic acids is 1. The molecule has 0 aromatic heterocycles. The topological polar surface area (TPSA) is 82.1 Å². The fraction of sp³-hybridized carbons (Fsp3) is 0.630. The average Bonchev–Trinajstić information content (AvgIpc) is 3.13. The van der Waals surface area contributed by atoms with Gasteiger partial charge in [-0.3, -0.25) is 9.59 Å². The van der Waals surface area contributed by atoms with Crippen LogP contribution in [0.1, 0.15) is 64.2 Å². The van der Waals surface area contributed by atoms with E-state index in [1.54, 1.807) is 30.3 Å². The van der Waals surface area contributed by atoms with Crippen molar-refractivity contribution in [3.05, 3.63) is 42.5 Å². The number of carboxylic acid groups (broad SMARTS) is 1. The lowest BCUT2D eigenvalue weighted by molar-refractivity contribution is -0.197. The summed E-state index contributed by atoms with van der Waals surface area (Å²) >= 11 is 0. The first kappa shape index (κ1) is 27.3. The summed E-state index contributed by atoms with van der Waals surface area (Å²) in [6.07, 6.45) is 7.19. The smallest absolute Gasteiger partial charge is 0.303 e. The van der Waals surface area contributed by atoms with E-state index in [2.05, 4.69) is 0 Å². The molecule has 3 rings (SSSR count). The number of allylic oxidation sites excluding steroid dienone is 2. The van der Waals surface area contributed by atoms with Gasteiger partial charge in [-0.2, -0.15) is 0 Å². The van der Waals surface area contributed by atoms with E-state index in [1.807, 2.05) is 12.2 Å². The Bertz CT molecular complexity index is 822. The molecule has 0 spiro atoms. The molecule has 8 heteroatoms. The highest BCUT2D eigenvalue weighted by atomic mass is 19.3. The summed E-state index contributed by atoms with van der Waals surface area (Å²) in [4.78, 5) is 23.5. The molecule has 1 aromatic carbocycles. The molecule has 0 amide bonds. The fourth-order valence-electron chi connectivity index (χ4n) is 4.74. The van der Waals surface area contributed by atoms with Crippen LogP contribution in [-0.4, -0.2) is 48.4 Å². The Morgan fingerprint density at radius 1 is 1.20 bits per heavy atom. The number of Topliss-reactive ketones (excluding diaryl/α,β-unsaturated/α-hetero) is 1. The van der Waals surface area contributed by atoms with Crippen molar-refractivity contribution < 1.29 is 37.7 Å². The zero-order chi connectivity index (χ0) is 25.1. The Morgan fingerprint density at radius 3 is 2.71 bits per heavy atom. The predicted octanol–water partition coefficient (Wildman–Crippen LogP) is 5.80. The molecule has 0 radical (unpaired) electrons. The Kier molecular flexibility index (Phi) is 10.7. The molecule has 1 saturated heterocycles. The second-order valence-corrected chi connectivity index (χ2v) is 9.40. The van der Waals surface area contributed by atoms with Crippen molar-refractivity contribution in [3.63, 3.8) is 0 Å². The lowest BCUT2D eigenvalue weighted by Crippen LogP contribution is -2.33. The van der Waals surface area contributed by atoms with E-state index < -0.39 is 43.2 Å². The van der Waals surface area contributed by atoms with Crippen molar-refractivity contribution in [2.45, 2.75) is 82.5 Å². The molecule has 2 aliphatic rings. The molecule has 0 bridgehead atoms. The molecular formula is C27H36F2O6. The molecule has 1 aliphatic heterocycles. The number of alkyl halides is 2. The van der Waals surface area contributed by atoms with E-state index >= 15 is 0 Å². The lowest BCUT2D eigenvalue weighted by atomic mass is 9.86. The van der Waals surface area contributed by atoms with Gasteiger partial charge < -0.3 is 19.3 Å². The Hall–Kier alpha value is -2.32. The maximum absolute atomic E-state index is 14.7. The highest BCUT2D eigenvalue weighted by molar-refractivity contribution is 5.84. The van der Waals surface area contributed by atoms with Crippen LogP contribution in [0.3, 0.4) is 0 Å². The van der Waals surface area contributed by atoms with Gasteiger partial charge in [-0.15, -0.1) is 0 Å². The van der Waals surface area contributed by atoms with E-state index in [-0.39, 0.29) is 31.0 Å². The monoisotopic (exact) mass is 494 g/mol. The SMILES string of the molecule is O=C(O)CCC/C=C\C[C@H]1C(=O)C[C@@H](OC2CCCCO2)[C@@H]1CCC(F)(F)COc1ccccc1. The minimum Gasteiger partial charge on any atom is -0.487 e. The van der Waals surface area contributed by atoms with Crippen LogP contribution < -0.4 is 4.74 Å². The summed E-state index contributed by atoms with van der Waals surface area (Å²) in [6, 6.07) is 8.52. The molecule has 1 aromatic rings. The Labute approximate surface area is 205 Å². The third-order valence-electron chi connectivity index (χ3n) is 6.63. The van der Waals surface area contributed by atoms with Gasteiger partial charge in [0.15, 0.2) is 12.9 Å². The average molecular weight is 495 g/mol. The fourth-order valence-corrected chi connectivity index (χ4v) is 4.74. The van der Waals surface area contributed by atoms with Gasteiger partial charge in [-0.25, -0.2) is 8.78 Å². The van der Waals surface area contributed by atoms with Gasteiger partial charge >= 0.3 is 5.97 Å². The standard InChI is InChI=1S/C27H36F2O6/c28-27(29,19-34-20-10-4-3-5-11-20)16-15-22-21(12-6-1-2-7-13-25(31)32)23(30)18-24(22)35-26-14-8-9-17-33-26/h1,3-6,10-11,21-22,24,26H,2,7-9,12-19H2,(H,31,32)/b6-1-/t21-,22-,24-,26?/m1/s1. The van der Waals surface area contributed by atoms with E-state index in [4.69, 9.17) is 19.3 Å². The number of hydrogen-bond acceptors (Lipinski definition) is 5. The van der Waals surface area contributed by atoms with Crippen molar-refractivity contribution >= 4 is 11.8 Å². The first-order valence-corrected chi connectivity index (χ1v) is 12.6. The minimum atomic E-state index is -3.04. The number of carbonyl (C=O) groups is 2. The van der Waals surface area contributed by atoms with Crippen LogP contribution >= 0.6 is 0 Å². The van der Waals surface area contributed by atoms with E-state index in [1.165, 1.54) is 0 Å². The quantitative estimate of drug-likeness (QED) is 0.260. The summed E-state index contributed by atoms with van der Waals surface area (Å²) in [6.45, 7) is -0.115. The van der Waals surface area contributed by atoms with Crippen LogP contribution in [0.25, 0.3) is 0 Å². The van der Waals surface area contributed by atoms with Gasteiger partial charge in [0, 0.05) is 31.8 Å². The molecule has 4 atom stereocenters. The van der Waals surface area contributed by atoms with Gasteiger partial charge in [-0.05, 0) is 63.0 Å². The zero-order valence-corrected chi connectivity index (χ0v) is 20.1. The van der Waals surface area contributed by atoms with E-state index in [0.29, 0.717) is 31.6 Å². The maximum atomic E-state index is 14.7. The van der Waals surface area contributed by atoms with Crippen LogP contribution in [0.2, 0.25) is 0 Å². The van der Waals surface area contributed by atoms with Crippen LogP contribution in [0.5, 0.6) is 5.75 Å². The summed E-state index contributed by atoms with van der Waals surface area (Å²) in [5, 5.41) is 8.74. The normalized spacial score (nSPS) is 25.3. The third kappa shape index (κ3) is 9.33. The van der Waals surface area contributed by atoms with E-state index in [0.717, 1.165) is 19.3 Å². The summed E-state index contributed by atoms with van der Waals surface area (Å²) in [5.41, 5.74) is 0. The number of unbranched alkanes of at least 4 members (excludes halogenated alkanes) is 1. The number of ether oxygens (including phenoxy) is 3. The van der Waals surface area contributed by atoms with Crippen LogP contribution in [0.4, 0.5) is 8.78 Å². The highest BCUT2D eigenvalue weighted by Gasteiger charge is 2.45. The molecular weight excluding hydrogens is 458 g/mol. The van der Waals surface area contributed by atoms with Crippen LogP contribution in [0, 0.1) is 11.8 Å². The molecule has 1 heterocycles. The summed E-state index contributed by atoms with van der Waals surface area (Å²) in [7, 11) is 0. The summed E-state index contributed by atoms with van der Waals surface area (Å²) < 4.78 is 46.5. The molecule has 6 nitrogen and oxygen atoms in total. The van der Waals surface area contributed by atoms with Crippen molar-refractivity contribution in [3.8, 4) is 5.75 Å². The molecule has 1 unspecified atom stereocenters. The van der Waals surface area contributed by atoms with Gasteiger partial charge in [0.05, 0.1) is 6.10 Å².